The number of hydrogen-bond donors (Lipinski definition) is 1. The van der Waals surface area contributed by atoms with Crippen LogP contribution in [0.3, 0.4) is 0 Å². The second kappa shape index (κ2) is 9.80. The van der Waals surface area contributed by atoms with E-state index in [2.05, 4.69) is 5.32 Å². The summed E-state index contributed by atoms with van der Waals surface area (Å²) in [7, 11) is 0. The zero-order valence-corrected chi connectivity index (χ0v) is 16.1. The van der Waals surface area contributed by atoms with Gasteiger partial charge in [0, 0.05) is 21.3 Å². The van der Waals surface area contributed by atoms with Crippen LogP contribution in [0.4, 0.5) is 0 Å². The Kier molecular flexibility index (Phi) is 7.75. The smallest absolute Gasteiger partial charge is 0.306 e. The van der Waals surface area contributed by atoms with E-state index < -0.39 is 0 Å². The lowest BCUT2D eigenvalue weighted by Crippen LogP contribution is -2.31. The normalized spacial score (nSPS) is 11.8. The number of esters is 1. The van der Waals surface area contributed by atoms with Crippen molar-refractivity contribution in [3.05, 3.63) is 56.2 Å². The Labute approximate surface area is 161 Å². The van der Waals surface area contributed by atoms with Gasteiger partial charge in [-0.1, -0.05) is 35.3 Å². The van der Waals surface area contributed by atoms with Gasteiger partial charge in [-0.2, -0.15) is 0 Å². The maximum atomic E-state index is 11.9. The summed E-state index contributed by atoms with van der Waals surface area (Å²) in [5, 5.41) is 5.76. The molecule has 4 nitrogen and oxygen atoms in total. The van der Waals surface area contributed by atoms with Crippen molar-refractivity contribution < 1.29 is 14.3 Å². The Hall–Kier alpha value is -1.56. The fourth-order valence-electron chi connectivity index (χ4n) is 2.29. The van der Waals surface area contributed by atoms with Crippen LogP contribution < -0.4 is 5.32 Å². The zero-order valence-electron chi connectivity index (χ0n) is 13.8. The fraction of sp³-hybridized carbons (Fsp3) is 0.333. The number of nitrogens with one attached hydrogen (secondary N) is 1. The van der Waals surface area contributed by atoms with Gasteiger partial charge in [-0.3, -0.25) is 9.59 Å². The minimum absolute atomic E-state index is 0.295. The average Bonchev–Trinajstić information content (AvgIpc) is 3.06. The van der Waals surface area contributed by atoms with E-state index in [4.69, 9.17) is 27.9 Å². The number of aryl methyl sites for hydroxylation is 1. The molecule has 134 valence electrons. The Morgan fingerprint density at radius 2 is 2.08 bits per heavy atom. The van der Waals surface area contributed by atoms with Crippen molar-refractivity contribution in [1.82, 2.24) is 5.32 Å². The highest BCUT2D eigenvalue weighted by Crippen LogP contribution is 2.26. The second-order valence-electron chi connectivity index (χ2n) is 5.55. The SMILES string of the molecule is CC(NC(=O)COC(=O)CCCc1cccs1)c1ccc(Cl)cc1Cl. The van der Waals surface area contributed by atoms with Gasteiger partial charge in [-0.15, -0.1) is 11.3 Å². The molecule has 1 N–H and O–H groups in total. The first-order chi connectivity index (χ1) is 12.0. The second-order valence-corrected chi connectivity index (χ2v) is 7.42. The lowest BCUT2D eigenvalue weighted by Gasteiger charge is -2.16. The Balaban J connectivity index is 1.69. The minimum atomic E-state index is -0.371. The van der Waals surface area contributed by atoms with E-state index >= 15 is 0 Å². The van der Waals surface area contributed by atoms with E-state index in [0.717, 1.165) is 12.0 Å². The summed E-state index contributed by atoms with van der Waals surface area (Å²) < 4.78 is 5.01. The first-order valence-corrected chi connectivity index (χ1v) is 9.51. The van der Waals surface area contributed by atoms with E-state index in [9.17, 15) is 9.59 Å². The van der Waals surface area contributed by atoms with Crippen LogP contribution in [0.2, 0.25) is 10.0 Å². The molecular weight excluding hydrogens is 381 g/mol. The summed E-state index contributed by atoms with van der Waals surface area (Å²) in [6, 6.07) is 8.79. The average molecular weight is 400 g/mol. The predicted molar refractivity (Wildman–Crippen MR) is 101 cm³/mol. The molecule has 0 fully saturated rings. The monoisotopic (exact) mass is 399 g/mol. The van der Waals surface area contributed by atoms with Gasteiger partial charge in [-0.05, 0) is 48.9 Å². The first kappa shape index (κ1) is 19.8. The summed E-state index contributed by atoms with van der Waals surface area (Å²) in [6.45, 7) is 1.50. The van der Waals surface area contributed by atoms with E-state index in [1.54, 1.807) is 36.5 Å². The van der Waals surface area contributed by atoms with Crippen LogP contribution in [-0.2, 0) is 20.7 Å². The van der Waals surface area contributed by atoms with Crippen LogP contribution in [-0.4, -0.2) is 18.5 Å². The molecule has 1 atom stereocenters. The molecule has 25 heavy (non-hydrogen) atoms. The molecule has 1 aromatic carbocycles. The van der Waals surface area contributed by atoms with Gasteiger partial charge in [0.05, 0.1) is 6.04 Å². The molecule has 0 aliphatic carbocycles. The van der Waals surface area contributed by atoms with E-state index in [-0.39, 0.29) is 24.5 Å². The van der Waals surface area contributed by atoms with Gasteiger partial charge in [0.1, 0.15) is 0 Å². The van der Waals surface area contributed by atoms with Crippen molar-refractivity contribution in [2.45, 2.75) is 32.2 Å². The number of thiophene rings is 1. The molecule has 0 saturated heterocycles. The van der Waals surface area contributed by atoms with Gasteiger partial charge in [0.25, 0.3) is 5.91 Å². The number of carbonyl (C=O) groups is 2. The molecule has 0 aliphatic heterocycles. The number of halogens is 2. The van der Waals surface area contributed by atoms with Crippen LogP contribution in [0.5, 0.6) is 0 Å². The maximum Gasteiger partial charge on any atom is 0.306 e. The lowest BCUT2D eigenvalue weighted by atomic mass is 10.1. The Morgan fingerprint density at radius 3 is 2.76 bits per heavy atom. The highest BCUT2D eigenvalue weighted by atomic mass is 35.5. The molecule has 0 radical (unpaired) electrons. The summed E-state index contributed by atoms with van der Waals surface area (Å²) >= 11 is 13.6. The van der Waals surface area contributed by atoms with Gasteiger partial charge in [0.15, 0.2) is 6.61 Å². The molecular formula is C18H19Cl2NO3S. The molecule has 2 rings (SSSR count). The van der Waals surface area contributed by atoms with Gasteiger partial charge < -0.3 is 10.1 Å². The number of carbonyl (C=O) groups excluding carboxylic acids is 2. The highest BCUT2D eigenvalue weighted by molar-refractivity contribution is 7.09. The standard InChI is InChI=1S/C18H19Cl2NO3S/c1-12(15-8-7-13(19)10-16(15)20)21-17(22)11-24-18(23)6-2-4-14-5-3-9-25-14/h3,5,7-10,12H,2,4,6,11H2,1H3,(H,21,22). The molecule has 1 aromatic heterocycles. The van der Waals surface area contributed by atoms with E-state index in [0.29, 0.717) is 22.9 Å². The predicted octanol–water partition coefficient (Wildman–Crippen LogP) is 4.80. The van der Waals surface area contributed by atoms with Crippen molar-refractivity contribution >= 4 is 46.4 Å². The first-order valence-electron chi connectivity index (χ1n) is 7.88. The van der Waals surface area contributed by atoms with Crippen molar-refractivity contribution in [3.8, 4) is 0 Å². The fourth-order valence-corrected chi connectivity index (χ4v) is 3.62. The number of hydrogen-bond acceptors (Lipinski definition) is 4. The largest absolute Gasteiger partial charge is 0.456 e. The third kappa shape index (κ3) is 6.69. The summed E-state index contributed by atoms with van der Waals surface area (Å²) in [6.07, 6.45) is 1.84. The maximum absolute atomic E-state index is 11.9. The van der Waals surface area contributed by atoms with Gasteiger partial charge in [0.2, 0.25) is 0 Å². The summed E-state index contributed by atoms with van der Waals surface area (Å²) in [5.41, 5.74) is 0.752. The van der Waals surface area contributed by atoms with Crippen LogP contribution in [0.1, 0.15) is 36.2 Å². The Morgan fingerprint density at radius 1 is 1.28 bits per heavy atom. The molecule has 1 amide bonds. The van der Waals surface area contributed by atoms with Crippen molar-refractivity contribution in [2.75, 3.05) is 6.61 Å². The minimum Gasteiger partial charge on any atom is -0.456 e. The lowest BCUT2D eigenvalue weighted by molar-refractivity contribution is -0.148. The summed E-state index contributed by atoms with van der Waals surface area (Å²) in [4.78, 5) is 24.8. The van der Waals surface area contributed by atoms with Crippen molar-refractivity contribution in [3.63, 3.8) is 0 Å². The zero-order chi connectivity index (χ0) is 18.2. The molecule has 0 aliphatic rings. The molecule has 0 bridgehead atoms. The highest BCUT2D eigenvalue weighted by Gasteiger charge is 2.14. The van der Waals surface area contributed by atoms with Crippen LogP contribution >= 0.6 is 34.5 Å². The molecule has 7 heteroatoms. The van der Waals surface area contributed by atoms with Crippen molar-refractivity contribution in [2.24, 2.45) is 0 Å². The molecule has 2 aromatic rings. The van der Waals surface area contributed by atoms with E-state index in [1.807, 2.05) is 17.5 Å². The molecule has 0 spiro atoms. The summed E-state index contributed by atoms with van der Waals surface area (Å²) in [5.74, 6) is -0.742. The van der Waals surface area contributed by atoms with Gasteiger partial charge in [-0.25, -0.2) is 0 Å². The number of rotatable bonds is 8. The van der Waals surface area contributed by atoms with Crippen molar-refractivity contribution in [1.29, 1.82) is 0 Å². The topological polar surface area (TPSA) is 55.4 Å². The van der Waals surface area contributed by atoms with Gasteiger partial charge >= 0.3 is 5.97 Å². The third-order valence-electron chi connectivity index (χ3n) is 3.55. The quantitative estimate of drug-likeness (QED) is 0.648. The van der Waals surface area contributed by atoms with Crippen LogP contribution in [0, 0.1) is 0 Å². The Bertz CT molecular complexity index is 719. The number of benzene rings is 1. The van der Waals surface area contributed by atoms with Crippen LogP contribution in [0.25, 0.3) is 0 Å². The molecule has 1 heterocycles. The third-order valence-corrected chi connectivity index (χ3v) is 5.05. The molecule has 1 unspecified atom stereocenters. The van der Waals surface area contributed by atoms with Crippen LogP contribution in [0.15, 0.2) is 35.7 Å². The molecule has 0 saturated carbocycles. The van der Waals surface area contributed by atoms with E-state index in [1.165, 1.54) is 4.88 Å². The number of ether oxygens (including phenoxy) is 1. The number of amides is 1.